The van der Waals surface area contributed by atoms with Gasteiger partial charge in [-0.25, -0.2) is 0 Å². The summed E-state index contributed by atoms with van der Waals surface area (Å²) in [5.41, 5.74) is 6.78. The summed E-state index contributed by atoms with van der Waals surface area (Å²) < 4.78 is 0. The van der Waals surface area contributed by atoms with Crippen LogP contribution in [0.4, 0.5) is 0 Å². The Balaban J connectivity index is 2.03. The molecule has 2 unspecified atom stereocenters. The van der Waals surface area contributed by atoms with Gasteiger partial charge in [0.15, 0.2) is 11.5 Å². The van der Waals surface area contributed by atoms with Crippen LogP contribution >= 0.6 is 0 Å². The van der Waals surface area contributed by atoms with Crippen LogP contribution in [0, 0.1) is 5.92 Å². The summed E-state index contributed by atoms with van der Waals surface area (Å²) in [5.74, 6) is 0.112. The number of piperidine rings is 1. The van der Waals surface area contributed by atoms with E-state index in [-0.39, 0.29) is 23.4 Å². The number of amides is 1. The molecule has 3 atom stereocenters. The predicted octanol–water partition coefficient (Wildman–Crippen LogP) is 1.61. The van der Waals surface area contributed by atoms with E-state index in [1.807, 2.05) is 4.90 Å². The van der Waals surface area contributed by atoms with Gasteiger partial charge in [0.2, 0.25) is 5.91 Å². The molecule has 1 saturated heterocycles. The number of benzene rings is 1. The van der Waals surface area contributed by atoms with Gasteiger partial charge in [-0.1, -0.05) is 13.0 Å². The van der Waals surface area contributed by atoms with Crippen molar-refractivity contribution in [2.24, 2.45) is 11.7 Å². The van der Waals surface area contributed by atoms with Crippen molar-refractivity contribution in [3.8, 4) is 11.5 Å². The van der Waals surface area contributed by atoms with Crippen molar-refractivity contribution in [2.75, 3.05) is 6.54 Å². The lowest BCUT2D eigenvalue weighted by molar-refractivity contribution is -0.136. The van der Waals surface area contributed by atoms with Gasteiger partial charge in [-0.2, -0.15) is 0 Å². The van der Waals surface area contributed by atoms with Crippen molar-refractivity contribution >= 4 is 5.91 Å². The first kappa shape index (κ1) is 15.6. The molecule has 0 saturated carbocycles. The van der Waals surface area contributed by atoms with Crippen molar-refractivity contribution < 1.29 is 15.0 Å². The fourth-order valence-corrected chi connectivity index (χ4v) is 2.85. The Labute approximate surface area is 125 Å². The summed E-state index contributed by atoms with van der Waals surface area (Å²) in [6, 6.07) is 4.14. The highest BCUT2D eigenvalue weighted by atomic mass is 16.3. The monoisotopic (exact) mass is 292 g/mol. The number of nitrogens with two attached hydrogens (primary N) is 1. The molecule has 1 fully saturated rings. The Kier molecular flexibility index (Phi) is 4.73. The van der Waals surface area contributed by atoms with Crippen LogP contribution in [0.2, 0.25) is 0 Å². The number of likely N-dealkylation sites (tertiary alicyclic amines) is 1. The number of phenolic OH excluding ortho intramolecular Hbond substituents is 2. The van der Waals surface area contributed by atoms with Gasteiger partial charge in [0, 0.05) is 12.6 Å². The third-order valence-corrected chi connectivity index (χ3v) is 4.21. The Hall–Kier alpha value is -1.75. The van der Waals surface area contributed by atoms with Crippen LogP contribution < -0.4 is 5.73 Å². The molecule has 0 aliphatic carbocycles. The third kappa shape index (κ3) is 3.67. The third-order valence-electron chi connectivity index (χ3n) is 4.21. The minimum atomic E-state index is -0.623. The average Bonchev–Trinajstić information content (AvgIpc) is 2.44. The zero-order chi connectivity index (χ0) is 15.6. The summed E-state index contributed by atoms with van der Waals surface area (Å²) in [5, 5.41) is 18.8. The molecule has 1 aliphatic heterocycles. The molecule has 5 heteroatoms. The number of carbonyl (C=O) groups excluding carboxylic acids is 1. The van der Waals surface area contributed by atoms with Gasteiger partial charge in [-0.15, -0.1) is 0 Å². The molecule has 1 amide bonds. The maximum absolute atomic E-state index is 12.5. The predicted molar refractivity (Wildman–Crippen MR) is 81.0 cm³/mol. The van der Waals surface area contributed by atoms with Crippen LogP contribution in [0.15, 0.2) is 18.2 Å². The van der Waals surface area contributed by atoms with Crippen LogP contribution in [-0.2, 0) is 11.2 Å². The molecule has 1 heterocycles. The van der Waals surface area contributed by atoms with Crippen molar-refractivity contribution in [3.05, 3.63) is 23.8 Å². The molecule has 5 nitrogen and oxygen atoms in total. The number of aromatic hydroxyl groups is 2. The van der Waals surface area contributed by atoms with Gasteiger partial charge < -0.3 is 20.8 Å². The molecule has 0 bridgehead atoms. The molecular weight excluding hydrogens is 268 g/mol. The van der Waals surface area contributed by atoms with E-state index in [9.17, 15) is 15.0 Å². The van der Waals surface area contributed by atoms with Crippen molar-refractivity contribution in [3.63, 3.8) is 0 Å². The van der Waals surface area contributed by atoms with Crippen LogP contribution in [-0.4, -0.2) is 39.6 Å². The van der Waals surface area contributed by atoms with Gasteiger partial charge in [0.05, 0.1) is 6.04 Å². The van der Waals surface area contributed by atoms with E-state index >= 15 is 0 Å². The fourth-order valence-electron chi connectivity index (χ4n) is 2.85. The zero-order valence-corrected chi connectivity index (χ0v) is 12.6. The summed E-state index contributed by atoms with van der Waals surface area (Å²) in [6.45, 7) is 4.97. The lowest BCUT2D eigenvalue weighted by Crippen LogP contribution is -2.52. The van der Waals surface area contributed by atoms with Crippen molar-refractivity contribution in [2.45, 2.75) is 45.2 Å². The first-order chi connectivity index (χ1) is 9.88. The molecule has 0 spiro atoms. The van der Waals surface area contributed by atoms with Crippen molar-refractivity contribution in [1.29, 1.82) is 0 Å². The van der Waals surface area contributed by atoms with Crippen LogP contribution in [0.25, 0.3) is 0 Å². The molecule has 0 aromatic heterocycles. The first-order valence-electron chi connectivity index (χ1n) is 7.45. The van der Waals surface area contributed by atoms with E-state index in [4.69, 9.17) is 5.73 Å². The topological polar surface area (TPSA) is 86.8 Å². The molecule has 0 radical (unpaired) electrons. The summed E-state index contributed by atoms with van der Waals surface area (Å²) in [4.78, 5) is 14.4. The van der Waals surface area contributed by atoms with Crippen molar-refractivity contribution in [1.82, 2.24) is 4.90 Å². The molecule has 21 heavy (non-hydrogen) atoms. The number of phenols is 2. The molecule has 4 N–H and O–H groups in total. The summed E-state index contributed by atoms with van der Waals surface area (Å²) in [7, 11) is 0. The Morgan fingerprint density at radius 3 is 2.71 bits per heavy atom. The summed E-state index contributed by atoms with van der Waals surface area (Å²) in [6.07, 6.45) is 2.51. The Bertz CT molecular complexity index is 518. The minimum Gasteiger partial charge on any atom is -0.504 e. The van der Waals surface area contributed by atoms with E-state index in [1.165, 1.54) is 12.1 Å². The highest BCUT2D eigenvalue weighted by Crippen LogP contribution is 2.26. The van der Waals surface area contributed by atoms with Crippen LogP contribution in [0.3, 0.4) is 0 Å². The number of rotatable bonds is 3. The van der Waals surface area contributed by atoms with Gasteiger partial charge >= 0.3 is 0 Å². The second kappa shape index (κ2) is 6.35. The zero-order valence-electron chi connectivity index (χ0n) is 12.6. The SMILES string of the molecule is CC1CCC(C)N(C(=O)[C@@H](N)Cc2ccc(O)c(O)c2)C1. The first-order valence-corrected chi connectivity index (χ1v) is 7.45. The Morgan fingerprint density at radius 1 is 1.33 bits per heavy atom. The molecule has 1 aliphatic rings. The molecular formula is C16H24N2O3. The maximum atomic E-state index is 12.5. The van der Waals surface area contributed by atoms with E-state index in [2.05, 4.69) is 13.8 Å². The van der Waals surface area contributed by atoms with E-state index in [0.717, 1.165) is 24.9 Å². The highest BCUT2D eigenvalue weighted by Gasteiger charge is 2.30. The molecule has 1 aromatic rings. The number of hydrogen-bond acceptors (Lipinski definition) is 4. The summed E-state index contributed by atoms with van der Waals surface area (Å²) >= 11 is 0. The maximum Gasteiger partial charge on any atom is 0.240 e. The van der Waals surface area contributed by atoms with E-state index < -0.39 is 6.04 Å². The Morgan fingerprint density at radius 2 is 2.05 bits per heavy atom. The van der Waals surface area contributed by atoms with E-state index in [1.54, 1.807) is 6.07 Å². The number of carbonyl (C=O) groups is 1. The minimum absolute atomic E-state index is 0.0402. The van der Waals surface area contributed by atoms with E-state index in [0.29, 0.717) is 12.3 Å². The average molecular weight is 292 g/mol. The van der Waals surface area contributed by atoms with Gasteiger partial charge in [0.25, 0.3) is 0 Å². The lowest BCUT2D eigenvalue weighted by atomic mass is 9.93. The second-order valence-corrected chi connectivity index (χ2v) is 6.16. The normalized spacial score (nSPS) is 23.9. The van der Waals surface area contributed by atoms with Crippen LogP contribution in [0.5, 0.6) is 11.5 Å². The quantitative estimate of drug-likeness (QED) is 0.739. The smallest absolute Gasteiger partial charge is 0.240 e. The highest BCUT2D eigenvalue weighted by molar-refractivity contribution is 5.82. The largest absolute Gasteiger partial charge is 0.504 e. The standard InChI is InChI=1S/C16H24N2O3/c1-10-3-4-11(2)18(9-10)16(21)13(17)7-12-5-6-14(19)15(20)8-12/h5-6,8,10-11,13,19-20H,3-4,7,9,17H2,1-2H3/t10?,11?,13-/m0/s1. The van der Waals surface area contributed by atoms with Gasteiger partial charge in [0.1, 0.15) is 0 Å². The van der Waals surface area contributed by atoms with Gasteiger partial charge in [-0.3, -0.25) is 4.79 Å². The van der Waals surface area contributed by atoms with Crippen LogP contribution in [0.1, 0.15) is 32.3 Å². The molecule has 1 aromatic carbocycles. The number of hydrogen-bond donors (Lipinski definition) is 3. The molecule has 2 rings (SSSR count). The van der Waals surface area contributed by atoms with Gasteiger partial charge in [-0.05, 0) is 49.8 Å². The number of nitrogens with zero attached hydrogens (tertiary/aromatic N) is 1. The lowest BCUT2D eigenvalue weighted by Gasteiger charge is -2.38. The fraction of sp³-hybridized carbons (Fsp3) is 0.562. The second-order valence-electron chi connectivity index (χ2n) is 6.16. The molecule has 116 valence electrons.